The topological polar surface area (TPSA) is 98.5 Å². The molecule has 1 N–H and O–H groups in total. The van der Waals surface area contributed by atoms with Crippen LogP contribution in [0.15, 0.2) is 35.4 Å². The fourth-order valence-electron chi connectivity index (χ4n) is 3.36. The average Bonchev–Trinajstić information content (AvgIpc) is 3.03. The molecule has 0 radical (unpaired) electrons. The zero-order valence-corrected chi connectivity index (χ0v) is 13.8. The number of carboxylic acids is 1. The lowest BCUT2D eigenvalue weighted by atomic mass is 9.94. The molecule has 1 unspecified atom stereocenters. The molecule has 2 aliphatic heterocycles. The predicted molar refractivity (Wildman–Crippen MR) is 82.4 cm³/mol. The van der Waals surface area contributed by atoms with Gasteiger partial charge in [-0.2, -0.15) is 5.26 Å². The number of benzene rings is 1. The molecule has 3 atom stereocenters. The zero-order valence-electron chi connectivity index (χ0n) is 12.2. The lowest BCUT2D eigenvalue weighted by molar-refractivity contribution is -0.147. The first-order valence-electron chi connectivity index (χ1n) is 7.01. The molecule has 0 aromatic heterocycles. The number of hydrogen-bond acceptors (Lipinski definition) is 5. The Labute approximate surface area is 142 Å². The molecule has 0 amide bonds. The smallest absolute Gasteiger partial charge is 0.329 e. The van der Waals surface area contributed by atoms with E-state index in [1.165, 1.54) is 11.1 Å². The quantitative estimate of drug-likeness (QED) is 0.817. The van der Waals surface area contributed by atoms with Gasteiger partial charge in [-0.15, -0.1) is 0 Å². The molecule has 0 aliphatic carbocycles. The van der Waals surface area contributed by atoms with Crippen LogP contribution in [0.5, 0.6) is 0 Å². The van der Waals surface area contributed by atoms with Gasteiger partial charge in [0.05, 0.1) is 16.0 Å². The Balaban J connectivity index is 2.10. The van der Waals surface area contributed by atoms with E-state index in [-0.39, 0.29) is 22.8 Å². The molecular weight excluding hydrogens is 359 g/mol. The van der Waals surface area contributed by atoms with E-state index in [0.29, 0.717) is 0 Å². The number of fused-ring (bicyclic) bond motifs is 1. The maximum Gasteiger partial charge on any atom is 0.329 e. The van der Waals surface area contributed by atoms with Crippen LogP contribution in [0.1, 0.15) is 12.8 Å². The summed E-state index contributed by atoms with van der Waals surface area (Å²) in [6.07, 6.45) is 2.92. The molecule has 1 saturated heterocycles. The maximum absolute atomic E-state index is 13.2. The molecular formula is C15H12ClFN2O4S. The number of carboxylic acid groups (broad SMARTS) is 1. The van der Waals surface area contributed by atoms with Crippen LogP contribution in [0, 0.1) is 17.1 Å². The SMILES string of the molecule is N#CC1[C@H](S(=O)(=O)c2ccc(F)cc2Cl)C[C@@]2(C(=O)O)CC=CN12. The Morgan fingerprint density at radius 3 is 2.79 bits per heavy atom. The summed E-state index contributed by atoms with van der Waals surface area (Å²) in [5.41, 5.74) is -1.45. The Hall–Kier alpha value is -2.11. The van der Waals surface area contributed by atoms with Crippen LogP contribution in [0.4, 0.5) is 4.39 Å². The summed E-state index contributed by atoms with van der Waals surface area (Å²) in [7, 11) is -4.12. The van der Waals surface area contributed by atoms with Gasteiger partial charge in [-0.3, -0.25) is 0 Å². The molecule has 0 spiro atoms. The summed E-state index contributed by atoms with van der Waals surface area (Å²) in [5.74, 6) is -1.87. The standard InChI is InChI=1S/C15H12ClFN2O4S/c16-10-6-9(17)2-3-12(10)24(22,23)13-7-15(14(20)21)4-1-5-19(15)11(13)8-18/h1-3,5-6,11,13H,4,7H2,(H,20,21)/t11?,13-,15-/m1/s1. The molecule has 0 bridgehead atoms. The van der Waals surface area contributed by atoms with E-state index < -0.39 is 38.5 Å². The van der Waals surface area contributed by atoms with Crippen molar-refractivity contribution in [2.24, 2.45) is 0 Å². The summed E-state index contributed by atoms with van der Waals surface area (Å²) in [6, 6.07) is 3.60. The predicted octanol–water partition coefficient (Wildman–Crippen LogP) is 1.96. The molecule has 6 nitrogen and oxygen atoms in total. The third-order valence-electron chi connectivity index (χ3n) is 4.54. The molecule has 9 heteroatoms. The summed E-state index contributed by atoms with van der Waals surface area (Å²) >= 11 is 5.86. The average molecular weight is 371 g/mol. The molecule has 0 saturated carbocycles. The first-order chi connectivity index (χ1) is 11.2. The Morgan fingerprint density at radius 2 is 2.21 bits per heavy atom. The molecule has 1 aromatic rings. The van der Waals surface area contributed by atoms with Crippen LogP contribution in [0.3, 0.4) is 0 Å². The first kappa shape index (κ1) is 16.7. The van der Waals surface area contributed by atoms with Crippen LogP contribution < -0.4 is 0 Å². The maximum atomic E-state index is 13.2. The van der Waals surface area contributed by atoms with Gasteiger partial charge in [-0.1, -0.05) is 17.7 Å². The number of sulfone groups is 1. The van der Waals surface area contributed by atoms with Gasteiger partial charge in [0.25, 0.3) is 0 Å². The van der Waals surface area contributed by atoms with E-state index >= 15 is 0 Å². The van der Waals surface area contributed by atoms with Crippen molar-refractivity contribution in [1.82, 2.24) is 4.90 Å². The van der Waals surface area contributed by atoms with E-state index in [1.54, 1.807) is 6.08 Å². The van der Waals surface area contributed by atoms with Crippen LogP contribution >= 0.6 is 11.6 Å². The highest BCUT2D eigenvalue weighted by atomic mass is 35.5. The highest BCUT2D eigenvalue weighted by molar-refractivity contribution is 7.92. The third-order valence-corrected chi connectivity index (χ3v) is 7.15. The van der Waals surface area contributed by atoms with Crippen molar-refractivity contribution in [1.29, 1.82) is 5.26 Å². The highest BCUT2D eigenvalue weighted by Crippen LogP contribution is 2.45. The van der Waals surface area contributed by atoms with Crippen molar-refractivity contribution < 1.29 is 22.7 Å². The molecule has 24 heavy (non-hydrogen) atoms. The number of nitrogens with zero attached hydrogens (tertiary/aromatic N) is 2. The Bertz CT molecular complexity index is 895. The van der Waals surface area contributed by atoms with Gasteiger partial charge in [0, 0.05) is 12.8 Å². The second-order valence-corrected chi connectivity index (χ2v) is 8.31. The Morgan fingerprint density at radius 1 is 1.50 bits per heavy atom. The zero-order chi connectivity index (χ0) is 17.7. The molecule has 2 heterocycles. The van der Waals surface area contributed by atoms with Gasteiger partial charge in [-0.05, 0) is 24.4 Å². The second kappa shape index (κ2) is 5.46. The van der Waals surface area contributed by atoms with Crippen LogP contribution in [0.2, 0.25) is 5.02 Å². The summed E-state index contributed by atoms with van der Waals surface area (Å²) in [5, 5.41) is 17.4. The minimum Gasteiger partial charge on any atom is -0.479 e. The molecule has 126 valence electrons. The minimum absolute atomic E-state index is 0.115. The fraction of sp³-hybridized carbons (Fsp3) is 0.333. The molecule has 1 aromatic carbocycles. The van der Waals surface area contributed by atoms with Crippen molar-refractivity contribution >= 4 is 27.4 Å². The van der Waals surface area contributed by atoms with Crippen molar-refractivity contribution in [3.05, 3.63) is 41.3 Å². The van der Waals surface area contributed by atoms with E-state index in [0.717, 1.165) is 18.2 Å². The number of aliphatic carboxylic acids is 1. The van der Waals surface area contributed by atoms with Gasteiger partial charge in [0.15, 0.2) is 9.84 Å². The lowest BCUT2D eigenvalue weighted by Gasteiger charge is -2.29. The fourth-order valence-corrected chi connectivity index (χ4v) is 5.79. The number of nitriles is 1. The number of rotatable bonds is 3. The van der Waals surface area contributed by atoms with Crippen molar-refractivity contribution in [2.45, 2.75) is 34.6 Å². The van der Waals surface area contributed by atoms with Crippen molar-refractivity contribution in [2.75, 3.05) is 0 Å². The van der Waals surface area contributed by atoms with Crippen molar-refractivity contribution in [3.63, 3.8) is 0 Å². The summed E-state index contributed by atoms with van der Waals surface area (Å²) in [6.45, 7) is 0. The van der Waals surface area contributed by atoms with Crippen molar-refractivity contribution in [3.8, 4) is 6.07 Å². The largest absolute Gasteiger partial charge is 0.479 e. The monoisotopic (exact) mass is 370 g/mol. The second-order valence-electron chi connectivity index (χ2n) is 5.77. The normalized spacial score (nSPS) is 28.6. The first-order valence-corrected chi connectivity index (χ1v) is 8.93. The molecule has 1 fully saturated rings. The highest BCUT2D eigenvalue weighted by Gasteiger charge is 2.60. The number of halogens is 2. The minimum atomic E-state index is -4.12. The van der Waals surface area contributed by atoms with Gasteiger partial charge in [-0.25, -0.2) is 17.6 Å². The van der Waals surface area contributed by atoms with Crippen LogP contribution in [-0.2, 0) is 14.6 Å². The van der Waals surface area contributed by atoms with Gasteiger partial charge in [0.2, 0.25) is 0 Å². The number of carbonyl (C=O) groups is 1. The summed E-state index contributed by atoms with van der Waals surface area (Å²) in [4.78, 5) is 12.7. The van der Waals surface area contributed by atoms with E-state index in [4.69, 9.17) is 11.6 Å². The summed E-state index contributed by atoms with van der Waals surface area (Å²) < 4.78 is 39.0. The lowest BCUT2D eigenvalue weighted by Crippen LogP contribution is -2.47. The third kappa shape index (κ3) is 2.19. The Kier molecular flexibility index (Phi) is 3.81. The molecule has 2 aliphatic rings. The van der Waals surface area contributed by atoms with Crippen LogP contribution in [0.25, 0.3) is 0 Å². The number of hydrogen-bond donors (Lipinski definition) is 1. The van der Waals surface area contributed by atoms with E-state index in [2.05, 4.69) is 0 Å². The van der Waals surface area contributed by atoms with E-state index in [9.17, 15) is 28.0 Å². The van der Waals surface area contributed by atoms with Gasteiger partial charge < -0.3 is 10.0 Å². The van der Waals surface area contributed by atoms with E-state index in [1.807, 2.05) is 6.07 Å². The van der Waals surface area contributed by atoms with Crippen LogP contribution in [-0.4, -0.2) is 41.2 Å². The van der Waals surface area contributed by atoms with Gasteiger partial charge in [0.1, 0.15) is 22.6 Å². The molecule has 3 rings (SSSR count). The van der Waals surface area contributed by atoms with Gasteiger partial charge >= 0.3 is 5.97 Å².